The van der Waals surface area contributed by atoms with E-state index in [-0.39, 0.29) is 23.5 Å². The van der Waals surface area contributed by atoms with Crippen LogP contribution in [-0.2, 0) is 17.8 Å². The van der Waals surface area contributed by atoms with Crippen molar-refractivity contribution in [2.45, 2.75) is 19.4 Å². The Kier molecular flexibility index (Phi) is 7.13. The number of para-hydroxylation sites is 1. The van der Waals surface area contributed by atoms with Crippen molar-refractivity contribution in [2.24, 2.45) is 0 Å². The molecule has 2 aromatic carbocycles. The highest BCUT2D eigenvalue weighted by atomic mass is 32.1. The first-order chi connectivity index (χ1) is 14.1. The molecule has 2 amide bonds. The lowest BCUT2D eigenvalue weighted by molar-refractivity contribution is -0.119. The van der Waals surface area contributed by atoms with Gasteiger partial charge in [-0.15, -0.1) is 0 Å². The van der Waals surface area contributed by atoms with Gasteiger partial charge in [0.15, 0.2) is 5.11 Å². The number of hydrogen-bond acceptors (Lipinski definition) is 4. The zero-order chi connectivity index (χ0) is 20.5. The van der Waals surface area contributed by atoms with Crippen molar-refractivity contribution < 1.29 is 14.0 Å². The van der Waals surface area contributed by atoms with E-state index >= 15 is 0 Å². The first-order valence-corrected chi connectivity index (χ1v) is 9.57. The highest BCUT2D eigenvalue weighted by Crippen LogP contribution is 2.15. The lowest BCUT2D eigenvalue weighted by Crippen LogP contribution is -2.35. The number of amides is 2. The summed E-state index contributed by atoms with van der Waals surface area (Å²) in [5.74, 6) is 0.193. The Bertz CT molecular complexity index is 972. The Morgan fingerprint density at radius 2 is 1.69 bits per heavy atom. The van der Waals surface area contributed by atoms with Gasteiger partial charge in [0.25, 0.3) is 5.91 Å². The number of rotatable bonds is 7. The van der Waals surface area contributed by atoms with Crippen molar-refractivity contribution in [1.29, 1.82) is 0 Å². The van der Waals surface area contributed by atoms with Gasteiger partial charge in [0.1, 0.15) is 5.76 Å². The number of thiocarbonyl (C=S) groups is 1. The third-order valence-electron chi connectivity index (χ3n) is 4.16. The zero-order valence-corrected chi connectivity index (χ0v) is 16.5. The van der Waals surface area contributed by atoms with Crippen LogP contribution < -0.4 is 16.0 Å². The molecule has 0 fully saturated rings. The molecule has 148 valence electrons. The third kappa shape index (κ3) is 6.29. The third-order valence-corrected chi connectivity index (χ3v) is 4.36. The fourth-order valence-corrected chi connectivity index (χ4v) is 2.93. The van der Waals surface area contributed by atoms with Crippen LogP contribution in [0.5, 0.6) is 0 Å². The molecule has 0 radical (unpaired) electrons. The number of anilines is 1. The second kappa shape index (κ2) is 10.2. The van der Waals surface area contributed by atoms with Gasteiger partial charge >= 0.3 is 0 Å². The molecule has 3 N–H and O–H groups in total. The lowest BCUT2D eigenvalue weighted by atomic mass is 10.1. The summed E-state index contributed by atoms with van der Waals surface area (Å²) < 4.78 is 5.21. The normalized spacial score (nSPS) is 10.2. The molecule has 1 heterocycles. The van der Waals surface area contributed by atoms with Crippen molar-refractivity contribution >= 4 is 34.8 Å². The van der Waals surface area contributed by atoms with Crippen LogP contribution in [0, 0.1) is 0 Å². The van der Waals surface area contributed by atoms with Gasteiger partial charge in [-0.3, -0.25) is 9.59 Å². The molecule has 0 spiro atoms. The number of carbonyl (C=O) groups excluding carboxylic acids is 2. The zero-order valence-electron chi connectivity index (χ0n) is 15.7. The molecule has 1 aromatic heterocycles. The summed E-state index contributed by atoms with van der Waals surface area (Å²) in [7, 11) is 0. The molecule has 0 bridgehead atoms. The summed E-state index contributed by atoms with van der Waals surface area (Å²) in [6.07, 6.45) is 2.49. The standard InChI is InChI=1S/C22H21N3O3S/c26-20(13-12-16-7-2-1-3-8-16)25-22(29)24-19-11-5-4-10-18(19)21(27)23-15-17-9-6-14-28-17/h1-11,14H,12-13,15H2,(H,23,27)(H2,24,25,26,29). The number of hydrogen-bond donors (Lipinski definition) is 3. The molecule has 6 nitrogen and oxygen atoms in total. The van der Waals surface area contributed by atoms with Gasteiger partial charge in [0, 0.05) is 6.42 Å². The topological polar surface area (TPSA) is 83.4 Å². The van der Waals surface area contributed by atoms with E-state index in [0.29, 0.717) is 29.9 Å². The summed E-state index contributed by atoms with van der Waals surface area (Å²) in [5, 5.41) is 8.52. The molecule has 7 heteroatoms. The molecular formula is C22H21N3O3S. The minimum Gasteiger partial charge on any atom is -0.467 e. The maximum absolute atomic E-state index is 12.5. The highest BCUT2D eigenvalue weighted by Gasteiger charge is 2.13. The average Bonchev–Trinajstić information content (AvgIpc) is 3.25. The first kappa shape index (κ1) is 20.3. The van der Waals surface area contributed by atoms with E-state index in [0.717, 1.165) is 5.56 Å². The van der Waals surface area contributed by atoms with Crippen LogP contribution in [-0.4, -0.2) is 16.9 Å². The fraction of sp³-hybridized carbons (Fsp3) is 0.136. The number of nitrogens with one attached hydrogen (secondary N) is 3. The first-order valence-electron chi connectivity index (χ1n) is 9.16. The van der Waals surface area contributed by atoms with E-state index in [9.17, 15) is 9.59 Å². The van der Waals surface area contributed by atoms with Gasteiger partial charge in [0.05, 0.1) is 24.1 Å². The molecule has 0 aliphatic heterocycles. The Morgan fingerprint density at radius 1 is 0.931 bits per heavy atom. The van der Waals surface area contributed by atoms with Crippen molar-refractivity contribution in [1.82, 2.24) is 10.6 Å². The van der Waals surface area contributed by atoms with Crippen molar-refractivity contribution in [2.75, 3.05) is 5.32 Å². The minimum absolute atomic E-state index is 0.148. The maximum Gasteiger partial charge on any atom is 0.253 e. The smallest absolute Gasteiger partial charge is 0.253 e. The van der Waals surface area contributed by atoms with Crippen LogP contribution >= 0.6 is 12.2 Å². The molecule has 0 unspecified atom stereocenters. The van der Waals surface area contributed by atoms with Gasteiger partial charge in [-0.05, 0) is 48.5 Å². The Balaban J connectivity index is 1.53. The second-order valence-electron chi connectivity index (χ2n) is 6.30. The Labute approximate surface area is 174 Å². The average molecular weight is 407 g/mol. The number of aryl methyl sites for hydroxylation is 1. The molecule has 0 aliphatic rings. The van der Waals surface area contributed by atoms with Crippen molar-refractivity contribution in [3.8, 4) is 0 Å². The molecular weight excluding hydrogens is 386 g/mol. The van der Waals surface area contributed by atoms with Crippen LogP contribution in [0.15, 0.2) is 77.4 Å². The Hall–Kier alpha value is -3.45. The minimum atomic E-state index is -0.275. The number of carbonyl (C=O) groups is 2. The van der Waals surface area contributed by atoms with Gasteiger partial charge < -0.3 is 20.4 Å². The van der Waals surface area contributed by atoms with E-state index in [4.69, 9.17) is 16.6 Å². The summed E-state index contributed by atoms with van der Waals surface area (Å²) in [6.45, 7) is 0.279. The molecule has 0 aliphatic carbocycles. The van der Waals surface area contributed by atoms with Gasteiger partial charge in [-0.25, -0.2) is 0 Å². The quantitative estimate of drug-likeness (QED) is 0.521. The van der Waals surface area contributed by atoms with Crippen LogP contribution in [0.4, 0.5) is 5.69 Å². The van der Waals surface area contributed by atoms with Crippen LogP contribution in [0.25, 0.3) is 0 Å². The molecule has 29 heavy (non-hydrogen) atoms. The number of furan rings is 1. The lowest BCUT2D eigenvalue weighted by Gasteiger charge is -2.13. The maximum atomic E-state index is 12.5. The molecule has 3 rings (SSSR count). The van der Waals surface area contributed by atoms with Crippen LogP contribution in [0.2, 0.25) is 0 Å². The van der Waals surface area contributed by atoms with Gasteiger partial charge in [0.2, 0.25) is 5.91 Å². The second-order valence-corrected chi connectivity index (χ2v) is 6.70. The summed E-state index contributed by atoms with van der Waals surface area (Å²) >= 11 is 5.23. The van der Waals surface area contributed by atoms with Crippen molar-refractivity contribution in [3.63, 3.8) is 0 Å². The molecule has 0 atom stereocenters. The van der Waals surface area contributed by atoms with Crippen LogP contribution in [0.1, 0.15) is 28.1 Å². The van der Waals surface area contributed by atoms with E-state index in [1.165, 1.54) is 0 Å². The molecule has 0 saturated heterocycles. The van der Waals surface area contributed by atoms with E-state index in [1.807, 2.05) is 30.3 Å². The van der Waals surface area contributed by atoms with Crippen LogP contribution in [0.3, 0.4) is 0 Å². The summed E-state index contributed by atoms with van der Waals surface area (Å²) in [6, 6.07) is 20.2. The van der Waals surface area contributed by atoms with Gasteiger partial charge in [-0.1, -0.05) is 42.5 Å². The van der Waals surface area contributed by atoms with E-state index in [1.54, 1.807) is 42.7 Å². The molecule has 3 aromatic rings. The predicted molar refractivity (Wildman–Crippen MR) is 115 cm³/mol. The predicted octanol–water partition coefficient (Wildman–Crippen LogP) is 3.66. The summed E-state index contributed by atoms with van der Waals surface area (Å²) in [5.41, 5.74) is 2.01. The van der Waals surface area contributed by atoms with E-state index in [2.05, 4.69) is 16.0 Å². The number of benzene rings is 2. The summed E-state index contributed by atoms with van der Waals surface area (Å²) in [4.78, 5) is 24.6. The van der Waals surface area contributed by atoms with E-state index < -0.39 is 0 Å². The van der Waals surface area contributed by atoms with Crippen molar-refractivity contribution in [3.05, 3.63) is 89.9 Å². The van der Waals surface area contributed by atoms with Gasteiger partial charge in [-0.2, -0.15) is 0 Å². The largest absolute Gasteiger partial charge is 0.467 e. The highest BCUT2D eigenvalue weighted by molar-refractivity contribution is 7.80. The monoisotopic (exact) mass is 407 g/mol. The fourth-order valence-electron chi connectivity index (χ4n) is 2.71. The molecule has 0 saturated carbocycles. The Morgan fingerprint density at radius 3 is 2.45 bits per heavy atom. The SMILES string of the molecule is O=C(CCc1ccccc1)NC(=S)Nc1ccccc1C(=O)NCc1ccco1.